The van der Waals surface area contributed by atoms with Gasteiger partial charge in [-0.05, 0) is 56.7 Å². The fourth-order valence-corrected chi connectivity index (χ4v) is 5.00. The van der Waals surface area contributed by atoms with Crippen LogP contribution in [0.15, 0.2) is 48.5 Å². The number of rotatable bonds is 20. The predicted molar refractivity (Wildman–Crippen MR) is 183 cm³/mol. The van der Waals surface area contributed by atoms with Gasteiger partial charge < -0.3 is 26.4 Å². The summed E-state index contributed by atoms with van der Waals surface area (Å²) < 4.78 is 11.5. The van der Waals surface area contributed by atoms with Gasteiger partial charge in [-0.3, -0.25) is 28.8 Å². The van der Waals surface area contributed by atoms with E-state index < -0.39 is 42.2 Å². The number of nitrogens with two attached hydrogens (primary N) is 1. The maximum Gasteiger partial charge on any atom is 0.312 e. The number of anilines is 1. The van der Waals surface area contributed by atoms with E-state index in [1.807, 2.05) is 19.1 Å². The number of nitrogens with one attached hydrogen (secondary N) is 3. The largest absolute Gasteiger partial charge is 0.463 e. The van der Waals surface area contributed by atoms with E-state index in [0.29, 0.717) is 23.2 Å². The quantitative estimate of drug-likeness (QED) is 0.0890. The molecule has 0 aliphatic carbocycles. The van der Waals surface area contributed by atoms with Crippen LogP contribution in [0.1, 0.15) is 89.6 Å². The fraction of sp³-hybridized carbons (Fsp3) is 0.472. The summed E-state index contributed by atoms with van der Waals surface area (Å²) in [6.45, 7) is 6.94. The highest BCUT2D eigenvalue weighted by Gasteiger charge is 2.30. The van der Waals surface area contributed by atoms with Gasteiger partial charge >= 0.3 is 6.03 Å². The molecule has 0 heterocycles. The number of ether oxygens (including phenoxy) is 1. The number of Topliss-reactive ketones (excluding diaryl/α,β-unsaturated/α-hetero) is 3. The Morgan fingerprint density at radius 3 is 2.15 bits per heavy atom. The normalized spacial score (nSPS) is 12.7. The summed E-state index contributed by atoms with van der Waals surface area (Å²) in [5.74, 6) is -3.39. The molecule has 0 aliphatic heterocycles. The number of ketones is 3. The third kappa shape index (κ3) is 14.7. The Morgan fingerprint density at radius 2 is 1.58 bits per heavy atom. The minimum atomic E-state index is -1.16. The van der Waals surface area contributed by atoms with Crippen LogP contribution in [0, 0.1) is 24.7 Å². The smallest absolute Gasteiger partial charge is 0.312 e. The van der Waals surface area contributed by atoms with Crippen molar-refractivity contribution in [2.75, 3.05) is 11.9 Å². The molecule has 0 saturated heterocycles. The zero-order valence-corrected chi connectivity index (χ0v) is 27.4. The molecule has 2 aromatic rings. The molecule has 12 heteroatoms. The van der Waals surface area contributed by atoms with Gasteiger partial charge in [0.25, 0.3) is 6.45 Å². The van der Waals surface area contributed by atoms with E-state index in [2.05, 4.69) is 20.7 Å². The number of aryl methyl sites for hydroxylation is 1. The maximum atomic E-state index is 13.5. The molecular formula is C36H50N4O8. The summed E-state index contributed by atoms with van der Waals surface area (Å²) in [7, 11) is 0. The van der Waals surface area contributed by atoms with Gasteiger partial charge in [0, 0.05) is 48.9 Å². The molecule has 48 heavy (non-hydrogen) atoms. The molecule has 0 unspecified atom stereocenters. The first-order valence-electron chi connectivity index (χ1n) is 16.1. The Kier molecular flexibility index (Phi) is 17.3. The Morgan fingerprint density at radius 1 is 0.938 bits per heavy atom. The van der Waals surface area contributed by atoms with Crippen molar-refractivity contribution in [3.05, 3.63) is 65.2 Å². The number of carbonyl (C=O) groups is 7. The van der Waals surface area contributed by atoms with Gasteiger partial charge in [-0.25, -0.2) is 4.79 Å². The van der Waals surface area contributed by atoms with Gasteiger partial charge in [0.15, 0.2) is 12.9 Å². The molecule has 0 bridgehead atoms. The summed E-state index contributed by atoms with van der Waals surface area (Å²) in [6, 6.07) is 11.9. The lowest BCUT2D eigenvalue weighted by atomic mass is 9.88. The highest BCUT2D eigenvalue weighted by atomic mass is 16.5. The molecule has 5 N–H and O–H groups in total. The number of hydrogen-bond donors (Lipinski definition) is 4. The lowest BCUT2D eigenvalue weighted by molar-refractivity contribution is -0.131. The third-order valence-corrected chi connectivity index (χ3v) is 7.80. The van der Waals surface area contributed by atoms with Gasteiger partial charge in [0.2, 0.25) is 11.8 Å². The van der Waals surface area contributed by atoms with Gasteiger partial charge in [-0.2, -0.15) is 0 Å². The van der Waals surface area contributed by atoms with Crippen LogP contribution in [0.2, 0.25) is 0 Å². The number of carbonyl (C=O) groups excluding carboxylic acids is 7. The van der Waals surface area contributed by atoms with Crippen LogP contribution in [0.4, 0.5) is 10.5 Å². The molecule has 0 radical (unpaired) electrons. The summed E-state index contributed by atoms with van der Waals surface area (Å²) in [5.41, 5.74) is 7.69. The summed E-state index contributed by atoms with van der Waals surface area (Å²) in [5, 5.41) is 8.00. The first kappa shape index (κ1) is 39.3. The number of urea groups is 1. The second-order valence-electron chi connectivity index (χ2n) is 12.0. The zero-order chi connectivity index (χ0) is 35.8. The van der Waals surface area contributed by atoms with Crippen molar-refractivity contribution in [1.82, 2.24) is 10.6 Å². The standard InChI is InChI=1S/C35H46N4O8.CH4/c1-22(2)33(39-32(44)16-13-27(24(4)41)18-30(42)26-11-7-23(3)8-12-26)31(43)19-28(6-5-17-37-35(36)46)34(45)38-29-14-9-25(10-15-29)20-47-21-40;/h7-12,14-15,21-22,27-28,33H,5-6,13,16-20H2,1-4H3,(H,38,45)(H,39,44)(H3,36,37,46);1H4/t27-,28-,33+;/m1./s1/i21D;. The highest BCUT2D eigenvalue weighted by molar-refractivity contribution is 5.99. The zero-order valence-electron chi connectivity index (χ0n) is 28.4. The van der Waals surface area contributed by atoms with Crippen LogP contribution in [0.3, 0.4) is 0 Å². The lowest BCUT2D eigenvalue weighted by Crippen LogP contribution is -2.45. The Hall–Kier alpha value is -4.87. The lowest BCUT2D eigenvalue weighted by Gasteiger charge is -2.24. The Balaban J connectivity index is 0.0000120. The minimum Gasteiger partial charge on any atom is -0.463 e. The summed E-state index contributed by atoms with van der Waals surface area (Å²) in [6.07, 6.45) is -0.707. The van der Waals surface area contributed by atoms with Crippen LogP contribution in [0.5, 0.6) is 0 Å². The van der Waals surface area contributed by atoms with Crippen LogP contribution in [-0.2, 0) is 35.3 Å². The maximum absolute atomic E-state index is 13.5. The number of hydrogen-bond acceptors (Lipinski definition) is 8. The monoisotopic (exact) mass is 667 g/mol. The molecule has 3 atom stereocenters. The predicted octanol–water partition coefficient (Wildman–Crippen LogP) is 4.67. The van der Waals surface area contributed by atoms with Gasteiger partial charge in [0.05, 0.1) is 6.04 Å². The minimum absolute atomic E-state index is 0. The molecule has 12 nitrogen and oxygen atoms in total. The van der Waals surface area contributed by atoms with Gasteiger partial charge in [-0.15, -0.1) is 0 Å². The van der Waals surface area contributed by atoms with Crippen molar-refractivity contribution in [2.45, 2.75) is 86.3 Å². The molecule has 0 aliphatic rings. The molecule has 0 aromatic heterocycles. The van der Waals surface area contributed by atoms with Crippen molar-refractivity contribution >= 4 is 47.3 Å². The van der Waals surface area contributed by atoms with E-state index in [4.69, 9.17) is 7.10 Å². The Bertz CT molecular complexity index is 1440. The van der Waals surface area contributed by atoms with Crippen LogP contribution in [0.25, 0.3) is 0 Å². The first-order chi connectivity index (χ1) is 22.7. The number of primary amides is 1. The van der Waals surface area contributed by atoms with Crippen molar-refractivity contribution in [3.8, 4) is 0 Å². The van der Waals surface area contributed by atoms with Crippen LogP contribution in [-0.4, -0.2) is 54.2 Å². The Labute approximate surface area is 284 Å². The molecular weight excluding hydrogens is 616 g/mol. The molecule has 4 amide bonds. The van der Waals surface area contributed by atoms with Crippen molar-refractivity contribution in [1.29, 1.82) is 0 Å². The number of benzene rings is 2. The summed E-state index contributed by atoms with van der Waals surface area (Å²) in [4.78, 5) is 86.8. The fourth-order valence-electron chi connectivity index (χ4n) is 5.00. The van der Waals surface area contributed by atoms with Crippen molar-refractivity contribution in [3.63, 3.8) is 0 Å². The molecule has 262 valence electrons. The molecule has 0 saturated carbocycles. The van der Waals surface area contributed by atoms with Crippen LogP contribution >= 0.6 is 0 Å². The molecule has 0 spiro atoms. The third-order valence-electron chi connectivity index (χ3n) is 7.80. The van der Waals surface area contributed by atoms with Crippen molar-refractivity contribution < 1.29 is 39.7 Å². The second-order valence-corrected chi connectivity index (χ2v) is 12.0. The van der Waals surface area contributed by atoms with E-state index in [0.717, 1.165) is 5.56 Å². The van der Waals surface area contributed by atoms with E-state index in [1.54, 1.807) is 50.2 Å². The second kappa shape index (κ2) is 21.1. The molecule has 2 aromatic carbocycles. The van der Waals surface area contributed by atoms with E-state index in [1.165, 1.54) is 6.92 Å². The average molecular weight is 668 g/mol. The van der Waals surface area contributed by atoms with Crippen molar-refractivity contribution in [2.24, 2.45) is 23.5 Å². The molecule has 2 rings (SSSR count). The van der Waals surface area contributed by atoms with Crippen LogP contribution < -0.4 is 21.7 Å². The molecule has 0 fully saturated rings. The highest BCUT2D eigenvalue weighted by Crippen LogP contribution is 2.21. The first-order valence-corrected chi connectivity index (χ1v) is 15.6. The summed E-state index contributed by atoms with van der Waals surface area (Å²) >= 11 is 0. The average Bonchev–Trinajstić information content (AvgIpc) is 3.02. The van der Waals surface area contributed by atoms with Gasteiger partial charge in [0.1, 0.15) is 12.4 Å². The van der Waals surface area contributed by atoms with E-state index in [9.17, 15) is 33.6 Å². The SMILES string of the molecule is C.[2H]C(=O)OCc1ccc(NC(=O)[C@H](CCCNC(N)=O)CC(=O)[C@@H](NC(=O)CC[C@H](CC(=O)c2ccc(C)cc2)C(C)=O)C(C)C)cc1. The van der Waals surface area contributed by atoms with E-state index in [-0.39, 0.29) is 76.0 Å². The topological polar surface area (TPSA) is 191 Å². The number of amides is 4. The van der Waals surface area contributed by atoms with E-state index >= 15 is 0 Å². The van der Waals surface area contributed by atoms with Gasteiger partial charge in [-0.1, -0.05) is 63.2 Å².